The monoisotopic (exact) mass is 226 g/mol. The van der Waals surface area contributed by atoms with E-state index in [9.17, 15) is 14.9 Å². The average molecular weight is 226 g/mol. The third kappa shape index (κ3) is 4.41. The van der Waals surface area contributed by atoms with Gasteiger partial charge >= 0.3 is 5.97 Å². The molecule has 0 fully saturated rings. The molecule has 1 rings (SSSR count). The zero-order valence-corrected chi connectivity index (χ0v) is 9.14. The van der Waals surface area contributed by atoms with Crippen LogP contribution in [0.2, 0.25) is 0 Å². The summed E-state index contributed by atoms with van der Waals surface area (Å²) in [6.07, 6.45) is 0.222. The van der Waals surface area contributed by atoms with Gasteiger partial charge in [-0.15, -0.1) is 0 Å². The van der Waals surface area contributed by atoms with Crippen LogP contribution in [0, 0.1) is 17.0 Å². The van der Waals surface area contributed by atoms with E-state index in [0.717, 1.165) is 0 Å². The van der Waals surface area contributed by atoms with Crippen molar-refractivity contribution < 1.29 is 14.8 Å². The predicted molar refractivity (Wildman–Crippen MR) is 60.2 cm³/mol. The first-order valence-corrected chi connectivity index (χ1v) is 4.61. The summed E-state index contributed by atoms with van der Waals surface area (Å²) >= 11 is 0. The zero-order valence-electron chi connectivity index (χ0n) is 9.14. The number of carboxylic acid groups (broad SMARTS) is 1. The van der Waals surface area contributed by atoms with E-state index in [-0.39, 0.29) is 12.1 Å². The molecule has 0 radical (unpaired) electrons. The first-order chi connectivity index (χ1) is 7.40. The van der Waals surface area contributed by atoms with Crippen LogP contribution in [0.1, 0.15) is 18.9 Å². The van der Waals surface area contributed by atoms with Crippen LogP contribution < -0.4 is 5.73 Å². The fourth-order valence-electron chi connectivity index (χ4n) is 0.839. The fourth-order valence-corrected chi connectivity index (χ4v) is 0.839. The van der Waals surface area contributed by atoms with Crippen LogP contribution in [-0.4, -0.2) is 16.0 Å². The molecule has 0 aliphatic rings. The third-order valence-corrected chi connectivity index (χ3v) is 1.85. The van der Waals surface area contributed by atoms with Crippen molar-refractivity contribution in [3.8, 4) is 0 Å². The van der Waals surface area contributed by atoms with E-state index >= 15 is 0 Å². The summed E-state index contributed by atoms with van der Waals surface area (Å²) in [5, 5.41) is 18.0. The molecule has 0 saturated carbocycles. The Kier molecular flexibility index (Phi) is 5.55. The van der Waals surface area contributed by atoms with Crippen LogP contribution in [0.15, 0.2) is 18.2 Å². The Hall–Kier alpha value is -2.11. The molecule has 1 aromatic rings. The molecular formula is C10H14N2O4. The Morgan fingerprint density at radius 2 is 2.06 bits per heavy atom. The largest absolute Gasteiger partial charge is 0.481 e. The van der Waals surface area contributed by atoms with E-state index in [2.05, 4.69) is 0 Å². The van der Waals surface area contributed by atoms with Crippen molar-refractivity contribution in [1.82, 2.24) is 0 Å². The Morgan fingerprint density at radius 3 is 2.38 bits per heavy atom. The summed E-state index contributed by atoms with van der Waals surface area (Å²) in [4.78, 5) is 19.3. The number of benzene rings is 1. The van der Waals surface area contributed by atoms with E-state index < -0.39 is 10.9 Å². The van der Waals surface area contributed by atoms with Crippen molar-refractivity contribution in [3.05, 3.63) is 33.9 Å². The summed E-state index contributed by atoms with van der Waals surface area (Å²) in [6.45, 7) is 3.23. The van der Waals surface area contributed by atoms with Gasteiger partial charge in [-0.3, -0.25) is 14.9 Å². The molecule has 0 aromatic heterocycles. The van der Waals surface area contributed by atoms with Gasteiger partial charge in [-0.05, 0) is 13.0 Å². The smallest absolute Gasteiger partial charge is 0.303 e. The number of nitrogens with zero attached hydrogens (tertiary/aromatic N) is 1. The number of nitro benzene ring substituents is 1. The number of rotatable bonds is 2. The maximum atomic E-state index is 10.3. The number of carbonyl (C=O) groups is 1. The number of nitrogen functional groups attached to an aromatic ring is 1. The van der Waals surface area contributed by atoms with Crippen LogP contribution in [-0.2, 0) is 4.79 Å². The molecule has 0 saturated heterocycles. The number of hydrogen-bond acceptors (Lipinski definition) is 4. The summed E-state index contributed by atoms with van der Waals surface area (Å²) < 4.78 is 0. The highest BCUT2D eigenvalue weighted by atomic mass is 16.6. The molecule has 16 heavy (non-hydrogen) atoms. The predicted octanol–water partition coefficient (Wildman–Crippen LogP) is 1.97. The summed E-state index contributed by atoms with van der Waals surface area (Å²) in [6, 6.07) is 4.65. The molecule has 0 amide bonds. The highest BCUT2D eigenvalue weighted by Gasteiger charge is 2.10. The van der Waals surface area contributed by atoms with Crippen molar-refractivity contribution in [2.24, 2.45) is 0 Å². The summed E-state index contributed by atoms with van der Waals surface area (Å²) in [5.41, 5.74) is 6.51. The lowest BCUT2D eigenvalue weighted by atomic mass is 10.2. The number of nitrogens with two attached hydrogens (primary N) is 1. The highest BCUT2D eigenvalue weighted by Crippen LogP contribution is 2.21. The lowest BCUT2D eigenvalue weighted by Crippen LogP contribution is -1.95. The minimum Gasteiger partial charge on any atom is -0.481 e. The van der Waals surface area contributed by atoms with Crippen molar-refractivity contribution in [3.63, 3.8) is 0 Å². The van der Waals surface area contributed by atoms with E-state index in [1.165, 1.54) is 6.07 Å². The Labute approximate surface area is 92.8 Å². The van der Waals surface area contributed by atoms with Crippen molar-refractivity contribution in [1.29, 1.82) is 0 Å². The van der Waals surface area contributed by atoms with Crippen LogP contribution in [0.5, 0.6) is 0 Å². The normalized spacial score (nSPS) is 8.88. The molecular weight excluding hydrogens is 212 g/mol. The van der Waals surface area contributed by atoms with Gasteiger partial charge in [-0.2, -0.15) is 0 Å². The summed E-state index contributed by atoms with van der Waals surface area (Å²) in [7, 11) is 0. The molecule has 3 N–H and O–H groups in total. The van der Waals surface area contributed by atoms with Crippen LogP contribution >= 0.6 is 0 Å². The Morgan fingerprint density at radius 1 is 1.56 bits per heavy atom. The van der Waals surface area contributed by atoms with Gasteiger partial charge in [-0.1, -0.05) is 13.0 Å². The molecule has 6 heteroatoms. The molecule has 0 aliphatic heterocycles. The second kappa shape index (κ2) is 6.39. The molecule has 0 bridgehead atoms. The van der Waals surface area contributed by atoms with Gasteiger partial charge < -0.3 is 10.8 Å². The first kappa shape index (κ1) is 13.9. The molecule has 0 atom stereocenters. The van der Waals surface area contributed by atoms with Gasteiger partial charge in [0.25, 0.3) is 5.69 Å². The van der Waals surface area contributed by atoms with E-state index in [0.29, 0.717) is 11.3 Å². The van der Waals surface area contributed by atoms with Crippen LogP contribution in [0.4, 0.5) is 11.4 Å². The van der Waals surface area contributed by atoms with Crippen molar-refractivity contribution in [2.75, 3.05) is 5.73 Å². The van der Waals surface area contributed by atoms with Gasteiger partial charge in [0.2, 0.25) is 0 Å². The van der Waals surface area contributed by atoms with Crippen molar-refractivity contribution in [2.45, 2.75) is 20.3 Å². The average Bonchev–Trinajstić information content (AvgIpc) is 2.22. The number of carboxylic acids is 1. The fraction of sp³-hybridized carbons (Fsp3) is 0.300. The molecule has 1 aromatic carbocycles. The lowest BCUT2D eigenvalue weighted by molar-refractivity contribution is -0.385. The van der Waals surface area contributed by atoms with Gasteiger partial charge in [-0.25, -0.2) is 0 Å². The first-order valence-electron chi connectivity index (χ1n) is 4.61. The number of aliphatic carboxylic acids is 1. The van der Waals surface area contributed by atoms with Gasteiger partial charge in [0.15, 0.2) is 0 Å². The minimum atomic E-state index is -0.745. The molecule has 6 nitrogen and oxygen atoms in total. The van der Waals surface area contributed by atoms with E-state index in [1.807, 2.05) is 0 Å². The van der Waals surface area contributed by atoms with Gasteiger partial charge in [0.1, 0.15) is 0 Å². The van der Waals surface area contributed by atoms with Crippen molar-refractivity contribution >= 4 is 17.3 Å². The Balaban J connectivity index is 0.000000385. The quantitative estimate of drug-likeness (QED) is 0.455. The molecule has 0 spiro atoms. The molecule has 88 valence electrons. The maximum Gasteiger partial charge on any atom is 0.303 e. The zero-order chi connectivity index (χ0) is 12.7. The molecule has 0 aliphatic carbocycles. The van der Waals surface area contributed by atoms with Gasteiger partial charge in [0.05, 0.1) is 4.92 Å². The SMILES string of the molecule is CCC(=O)O.Cc1c(N)cccc1[N+](=O)[O-]. The lowest BCUT2D eigenvalue weighted by Gasteiger charge is -1.98. The molecule has 0 unspecified atom stereocenters. The molecule has 0 heterocycles. The van der Waals surface area contributed by atoms with Crippen LogP contribution in [0.3, 0.4) is 0 Å². The number of anilines is 1. The Bertz CT molecular complexity index is 390. The number of hydrogen-bond donors (Lipinski definition) is 2. The second-order valence-electron chi connectivity index (χ2n) is 3.00. The third-order valence-electron chi connectivity index (χ3n) is 1.85. The second-order valence-corrected chi connectivity index (χ2v) is 3.00. The standard InChI is InChI=1S/C7H8N2O2.C3H6O2/c1-5-6(8)3-2-4-7(5)9(10)11;1-2-3(4)5/h2-4H,8H2,1H3;2H2,1H3,(H,4,5). The summed E-state index contributed by atoms with van der Waals surface area (Å²) in [5.74, 6) is -0.745. The minimum absolute atomic E-state index is 0.0741. The van der Waals surface area contributed by atoms with E-state index in [4.69, 9.17) is 10.8 Å². The van der Waals surface area contributed by atoms with Gasteiger partial charge in [0, 0.05) is 23.7 Å². The topological polar surface area (TPSA) is 106 Å². The van der Waals surface area contributed by atoms with E-state index in [1.54, 1.807) is 26.0 Å². The highest BCUT2D eigenvalue weighted by molar-refractivity contribution is 5.66. The number of nitro groups is 1. The maximum absolute atomic E-state index is 10.3. The van der Waals surface area contributed by atoms with Crippen LogP contribution in [0.25, 0.3) is 0 Å².